The van der Waals surface area contributed by atoms with Gasteiger partial charge in [-0.1, -0.05) is 36.4 Å². The number of benzene rings is 1. The van der Waals surface area contributed by atoms with E-state index in [1.807, 2.05) is 49.7 Å². The number of hydrogen-bond donors (Lipinski definition) is 1. The van der Waals surface area contributed by atoms with Gasteiger partial charge in [0.15, 0.2) is 0 Å². The first-order valence-corrected chi connectivity index (χ1v) is 5.17. The molecule has 3 heteroatoms. The highest BCUT2D eigenvalue weighted by atomic mass is 16.2. The number of nitrogens with zero attached hydrogens (tertiary/aromatic N) is 2. The van der Waals surface area contributed by atoms with Crippen molar-refractivity contribution in [3.8, 4) is 11.3 Å². The Morgan fingerprint density at radius 3 is 2.56 bits per heavy atom. The van der Waals surface area contributed by atoms with Crippen molar-refractivity contribution in [1.82, 2.24) is 9.78 Å². The number of aryl methyl sites for hydroxylation is 1. The molecule has 0 aliphatic heterocycles. The van der Waals surface area contributed by atoms with E-state index in [4.69, 9.17) is 5.11 Å². The second-order valence-corrected chi connectivity index (χ2v) is 3.58. The summed E-state index contributed by atoms with van der Waals surface area (Å²) in [6.07, 6.45) is 5.53. The Labute approximate surface area is 94.7 Å². The molecule has 0 aliphatic carbocycles. The number of rotatable bonds is 3. The van der Waals surface area contributed by atoms with Gasteiger partial charge in [-0.05, 0) is 11.6 Å². The Kier molecular flexibility index (Phi) is 3.17. The van der Waals surface area contributed by atoms with Gasteiger partial charge in [-0.25, -0.2) is 0 Å². The van der Waals surface area contributed by atoms with Crippen molar-refractivity contribution in [2.45, 2.75) is 0 Å². The standard InChI is InChI=1S/C13H14N2O/c1-15-9-8-13(14-15)12-6-4-11(5-7-12)3-2-10-16/h2-9,16H,10H2,1H3/b3-2+. The Balaban J connectivity index is 2.22. The lowest BCUT2D eigenvalue weighted by Crippen LogP contribution is -1.87. The maximum absolute atomic E-state index is 8.66. The SMILES string of the molecule is Cn1ccc(-c2ccc(/C=C/CO)cc2)n1. The van der Waals surface area contributed by atoms with Gasteiger partial charge in [0.05, 0.1) is 12.3 Å². The van der Waals surface area contributed by atoms with Gasteiger partial charge in [-0.3, -0.25) is 4.68 Å². The van der Waals surface area contributed by atoms with Crippen LogP contribution in [0, 0.1) is 0 Å². The second kappa shape index (κ2) is 4.77. The van der Waals surface area contributed by atoms with Crippen molar-refractivity contribution in [3.05, 3.63) is 48.2 Å². The first-order chi connectivity index (χ1) is 7.79. The van der Waals surface area contributed by atoms with Gasteiger partial charge >= 0.3 is 0 Å². The Morgan fingerprint density at radius 1 is 1.25 bits per heavy atom. The van der Waals surface area contributed by atoms with Gasteiger partial charge in [0, 0.05) is 18.8 Å². The molecule has 1 N–H and O–H groups in total. The highest BCUT2D eigenvalue weighted by Gasteiger charge is 1.99. The molecule has 0 radical (unpaired) electrons. The van der Waals surface area contributed by atoms with Crippen LogP contribution in [0.4, 0.5) is 0 Å². The van der Waals surface area contributed by atoms with Crippen molar-refractivity contribution in [2.24, 2.45) is 7.05 Å². The van der Waals surface area contributed by atoms with E-state index in [9.17, 15) is 0 Å². The molecular weight excluding hydrogens is 200 g/mol. The van der Waals surface area contributed by atoms with Crippen LogP contribution in [0.25, 0.3) is 17.3 Å². The lowest BCUT2D eigenvalue weighted by atomic mass is 10.1. The summed E-state index contributed by atoms with van der Waals surface area (Å²) >= 11 is 0. The lowest BCUT2D eigenvalue weighted by Gasteiger charge is -1.97. The number of aliphatic hydroxyl groups is 1. The number of hydrogen-bond acceptors (Lipinski definition) is 2. The summed E-state index contributed by atoms with van der Waals surface area (Å²) in [5, 5.41) is 13.0. The maximum Gasteiger partial charge on any atom is 0.0923 e. The van der Waals surface area contributed by atoms with Gasteiger partial charge < -0.3 is 5.11 Å². The highest BCUT2D eigenvalue weighted by molar-refractivity contribution is 5.62. The third kappa shape index (κ3) is 2.38. The molecule has 2 aromatic rings. The molecule has 0 spiro atoms. The third-order valence-electron chi connectivity index (χ3n) is 2.34. The van der Waals surface area contributed by atoms with Crippen molar-refractivity contribution in [3.63, 3.8) is 0 Å². The van der Waals surface area contributed by atoms with Crippen LogP contribution >= 0.6 is 0 Å². The Bertz CT molecular complexity index is 483. The first kappa shape index (κ1) is 10.6. The molecule has 3 nitrogen and oxygen atoms in total. The molecular formula is C13H14N2O. The zero-order valence-electron chi connectivity index (χ0n) is 9.17. The quantitative estimate of drug-likeness (QED) is 0.849. The first-order valence-electron chi connectivity index (χ1n) is 5.17. The average Bonchev–Trinajstić information content (AvgIpc) is 2.74. The Morgan fingerprint density at radius 2 is 2.00 bits per heavy atom. The van der Waals surface area contributed by atoms with Gasteiger partial charge in [0.2, 0.25) is 0 Å². The van der Waals surface area contributed by atoms with Crippen LogP contribution in [-0.4, -0.2) is 21.5 Å². The maximum atomic E-state index is 8.66. The molecule has 0 saturated heterocycles. The predicted octanol–water partition coefficient (Wildman–Crippen LogP) is 2.09. The molecule has 1 aromatic heterocycles. The van der Waals surface area contributed by atoms with Gasteiger partial charge in [-0.15, -0.1) is 0 Å². The van der Waals surface area contributed by atoms with Crippen LogP contribution in [0.2, 0.25) is 0 Å². The van der Waals surface area contributed by atoms with Crippen LogP contribution < -0.4 is 0 Å². The van der Waals surface area contributed by atoms with E-state index in [1.165, 1.54) is 0 Å². The molecule has 0 bridgehead atoms. The highest BCUT2D eigenvalue weighted by Crippen LogP contribution is 2.17. The van der Waals surface area contributed by atoms with Crippen molar-refractivity contribution < 1.29 is 5.11 Å². The molecule has 1 aromatic carbocycles. The predicted molar refractivity (Wildman–Crippen MR) is 64.8 cm³/mol. The van der Waals surface area contributed by atoms with E-state index in [-0.39, 0.29) is 6.61 Å². The average molecular weight is 214 g/mol. The number of aliphatic hydroxyl groups excluding tert-OH is 1. The summed E-state index contributed by atoms with van der Waals surface area (Å²) in [7, 11) is 1.90. The van der Waals surface area contributed by atoms with Gasteiger partial charge in [-0.2, -0.15) is 5.10 Å². The van der Waals surface area contributed by atoms with Crippen LogP contribution in [0.15, 0.2) is 42.6 Å². The van der Waals surface area contributed by atoms with Crippen molar-refractivity contribution >= 4 is 6.08 Å². The summed E-state index contributed by atoms with van der Waals surface area (Å²) in [5.74, 6) is 0. The van der Waals surface area contributed by atoms with Crippen LogP contribution in [0.1, 0.15) is 5.56 Å². The molecule has 0 atom stereocenters. The van der Waals surface area contributed by atoms with Crippen LogP contribution in [0.3, 0.4) is 0 Å². The zero-order chi connectivity index (χ0) is 11.4. The Hall–Kier alpha value is -1.87. The van der Waals surface area contributed by atoms with E-state index in [0.29, 0.717) is 0 Å². The summed E-state index contributed by atoms with van der Waals surface area (Å²) in [6, 6.07) is 10.1. The fraction of sp³-hybridized carbons (Fsp3) is 0.154. The summed E-state index contributed by atoms with van der Waals surface area (Å²) in [6.45, 7) is 0.0714. The van der Waals surface area contributed by atoms with E-state index >= 15 is 0 Å². The molecule has 0 fully saturated rings. The minimum absolute atomic E-state index is 0.0714. The molecule has 0 aliphatic rings. The fourth-order valence-corrected chi connectivity index (χ4v) is 1.52. The minimum Gasteiger partial charge on any atom is -0.392 e. The van der Waals surface area contributed by atoms with Crippen LogP contribution in [0.5, 0.6) is 0 Å². The monoisotopic (exact) mass is 214 g/mol. The van der Waals surface area contributed by atoms with E-state index in [2.05, 4.69) is 5.10 Å². The van der Waals surface area contributed by atoms with E-state index in [0.717, 1.165) is 16.8 Å². The van der Waals surface area contributed by atoms with Crippen molar-refractivity contribution in [1.29, 1.82) is 0 Å². The summed E-state index contributed by atoms with van der Waals surface area (Å²) < 4.78 is 1.79. The molecule has 0 amide bonds. The third-order valence-corrected chi connectivity index (χ3v) is 2.34. The largest absolute Gasteiger partial charge is 0.392 e. The van der Waals surface area contributed by atoms with Crippen molar-refractivity contribution in [2.75, 3.05) is 6.61 Å². The zero-order valence-corrected chi connectivity index (χ0v) is 9.17. The summed E-state index contributed by atoms with van der Waals surface area (Å²) in [5.41, 5.74) is 3.15. The normalized spacial score (nSPS) is 11.1. The number of aromatic nitrogens is 2. The molecule has 0 unspecified atom stereocenters. The van der Waals surface area contributed by atoms with E-state index < -0.39 is 0 Å². The second-order valence-electron chi connectivity index (χ2n) is 3.58. The smallest absolute Gasteiger partial charge is 0.0923 e. The molecule has 2 rings (SSSR count). The van der Waals surface area contributed by atoms with E-state index in [1.54, 1.807) is 10.8 Å². The minimum atomic E-state index is 0.0714. The fourth-order valence-electron chi connectivity index (χ4n) is 1.52. The topological polar surface area (TPSA) is 38.0 Å². The van der Waals surface area contributed by atoms with Gasteiger partial charge in [0.1, 0.15) is 0 Å². The lowest BCUT2D eigenvalue weighted by molar-refractivity contribution is 0.343. The molecule has 0 saturated carbocycles. The molecule has 16 heavy (non-hydrogen) atoms. The molecule has 82 valence electrons. The molecule has 1 heterocycles. The van der Waals surface area contributed by atoms with Gasteiger partial charge in [0.25, 0.3) is 0 Å². The van der Waals surface area contributed by atoms with Crippen LogP contribution in [-0.2, 0) is 7.05 Å². The summed E-state index contributed by atoms with van der Waals surface area (Å²) in [4.78, 5) is 0.